The molecule has 94 valence electrons. The highest BCUT2D eigenvalue weighted by atomic mass is 16.5. The number of aromatic amines is 1. The number of carbonyl (C=O) groups excluding carboxylic acids is 1. The SMILES string of the molecule is COC(=O)c1c[nH]c2c1CCC(C(C)(C)C)C2. The van der Waals surface area contributed by atoms with E-state index in [-0.39, 0.29) is 5.97 Å². The first-order valence-electron chi connectivity index (χ1n) is 6.21. The average molecular weight is 235 g/mol. The van der Waals surface area contributed by atoms with Gasteiger partial charge in [-0.05, 0) is 36.2 Å². The second-order valence-electron chi connectivity index (χ2n) is 5.96. The molecule has 1 atom stereocenters. The number of carbonyl (C=O) groups is 1. The molecular weight excluding hydrogens is 214 g/mol. The normalized spacial score (nSPS) is 19.9. The quantitative estimate of drug-likeness (QED) is 0.760. The summed E-state index contributed by atoms with van der Waals surface area (Å²) in [6, 6.07) is 0. The van der Waals surface area contributed by atoms with Crippen LogP contribution >= 0.6 is 0 Å². The van der Waals surface area contributed by atoms with E-state index in [0.717, 1.165) is 30.4 Å². The highest BCUT2D eigenvalue weighted by molar-refractivity contribution is 5.91. The second-order valence-corrected chi connectivity index (χ2v) is 5.96. The van der Waals surface area contributed by atoms with E-state index in [4.69, 9.17) is 4.74 Å². The fourth-order valence-electron chi connectivity index (χ4n) is 2.66. The van der Waals surface area contributed by atoms with Crippen LogP contribution in [0.5, 0.6) is 0 Å². The van der Waals surface area contributed by atoms with Crippen molar-refractivity contribution in [3.63, 3.8) is 0 Å². The summed E-state index contributed by atoms with van der Waals surface area (Å²) in [5, 5.41) is 0. The Hall–Kier alpha value is -1.25. The number of esters is 1. The Morgan fingerprint density at radius 3 is 2.76 bits per heavy atom. The Balaban J connectivity index is 2.24. The summed E-state index contributed by atoms with van der Waals surface area (Å²) in [7, 11) is 1.43. The first kappa shape index (κ1) is 12.2. The summed E-state index contributed by atoms with van der Waals surface area (Å²) in [6.07, 6.45) is 4.96. The molecule has 3 nitrogen and oxygen atoms in total. The number of fused-ring (bicyclic) bond motifs is 1. The molecule has 0 amide bonds. The summed E-state index contributed by atoms with van der Waals surface area (Å²) in [5.41, 5.74) is 3.43. The maximum absolute atomic E-state index is 11.6. The van der Waals surface area contributed by atoms with E-state index in [9.17, 15) is 4.79 Å². The number of methoxy groups -OCH3 is 1. The van der Waals surface area contributed by atoms with Gasteiger partial charge in [-0.2, -0.15) is 0 Å². The zero-order valence-corrected chi connectivity index (χ0v) is 11.1. The van der Waals surface area contributed by atoms with Crippen LogP contribution in [-0.4, -0.2) is 18.1 Å². The van der Waals surface area contributed by atoms with Gasteiger partial charge in [-0.25, -0.2) is 4.79 Å². The van der Waals surface area contributed by atoms with Crippen LogP contribution in [-0.2, 0) is 17.6 Å². The summed E-state index contributed by atoms with van der Waals surface area (Å²) in [6.45, 7) is 6.85. The first-order valence-corrected chi connectivity index (χ1v) is 6.21. The molecule has 0 spiro atoms. The van der Waals surface area contributed by atoms with Crippen LogP contribution in [0.1, 0.15) is 48.8 Å². The molecule has 0 saturated heterocycles. The van der Waals surface area contributed by atoms with Crippen molar-refractivity contribution in [3.8, 4) is 0 Å². The van der Waals surface area contributed by atoms with E-state index >= 15 is 0 Å². The van der Waals surface area contributed by atoms with Crippen LogP contribution in [0.4, 0.5) is 0 Å². The highest BCUT2D eigenvalue weighted by Crippen LogP contribution is 2.37. The van der Waals surface area contributed by atoms with Crippen molar-refractivity contribution >= 4 is 5.97 Å². The van der Waals surface area contributed by atoms with Crippen LogP contribution in [0.2, 0.25) is 0 Å². The van der Waals surface area contributed by atoms with Gasteiger partial charge in [0.15, 0.2) is 0 Å². The van der Waals surface area contributed by atoms with E-state index in [1.165, 1.54) is 12.8 Å². The predicted molar refractivity (Wildman–Crippen MR) is 67.1 cm³/mol. The topological polar surface area (TPSA) is 42.1 Å². The third kappa shape index (κ3) is 2.24. The minimum absolute atomic E-state index is 0.225. The van der Waals surface area contributed by atoms with E-state index in [2.05, 4.69) is 25.8 Å². The van der Waals surface area contributed by atoms with Gasteiger partial charge in [-0.1, -0.05) is 20.8 Å². The van der Waals surface area contributed by atoms with E-state index in [0.29, 0.717) is 11.3 Å². The van der Waals surface area contributed by atoms with Crippen molar-refractivity contribution in [3.05, 3.63) is 23.0 Å². The van der Waals surface area contributed by atoms with Gasteiger partial charge in [-0.15, -0.1) is 0 Å². The van der Waals surface area contributed by atoms with Crippen molar-refractivity contribution in [2.75, 3.05) is 7.11 Å². The molecule has 1 N–H and O–H groups in total. The van der Waals surface area contributed by atoms with Gasteiger partial charge >= 0.3 is 5.97 Å². The van der Waals surface area contributed by atoms with E-state index < -0.39 is 0 Å². The van der Waals surface area contributed by atoms with Gasteiger partial charge in [-0.3, -0.25) is 0 Å². The molecule has 0 saturated carbocycles. The minimum atomic E-state index is -0.225. The summed E-state index contributed by atoms with van der Waals surface area (Å²) >= 11 is 0. The molecule has 0 radical (unpaired) electrons. The molecule has 1 aliphatic rings. The Kier molecular flexibility index (Phi) is 3.02. The van der Waals surface area contributed by atoms with Crippen molar-refractivity contribution < 1.29 is 9.53 Å². The first-order chi connectivity index (χ1) is 7.93. The third-order valence-electron chi connectivity index (χ3n) is 3.90. The van der Waals surface area contributed by atoms with Crippen molar-refractivity contribution in [1.29, 1.82) is 0 Å². The van der Waals surface area contributed by atoms with Gasteiger partial charge in [0.1, 0.15) is 0 Å². The van der Waals surface area contributed by atoms with Crippen molar-refractivity contribution in [2.45, 2.75) is 40.0 Å². The largest absolute Gasteiger partial charge is 0.465 e. The summed E-state index contributed by atoms with van der Waals surface area (Å²) in [4.78, 5) is 14.8. The zero-order valence-electron chi connectivity index (χ0n) is 11.1. The molecule has 0 fully saturated rings. The maximum Gasteiger partial charge on any atom is 0.339 e. The van der Waals surface area contributed by atoms with E-state index in [1.807, 2.05) is 0 Å². The monoisotopic (exact) mass is 235 g/mol. The molecule has 17 heavy (non-hydrogen) atoms. The standard InChI is InChI=1S/C14H21NO2/c1-14(2,3)9-5-6-10-11(13(16)17-4)8-15-12(10)7-9/h8-9,15H,5-7H2,1-4H3. The molecular formula is C14H21NO2. The molecule has 1 heterocycles. The lowest BCUT2D eigenvalue weighted by Gasteiger charge is -2.33. The minimum Gasteiger partial charge on any atom is -0.465 e. The number of ether oxygens (including phenoxy) is 1. The van der Waals surface area contributed by atoms with Gasteiger partial charge in [0, 0.05) is 11.9 Å². The maximum atomic E-state index is 11.6. The van der Waals surface area contributed by atoms with Crippen LogP contribution in [0.15, 0.2) is 6.20 Å². The molecule has 0 bridgehead atoms. The van der Waals surface area contributed by atoms with Crippen LogP contribution < -0.4 is 0 Å². The van der Waals surface area contributed by atoms with Gasteiger partial charge in [0.05, 0.1) is 12.7 Å². The second kappa shape index (κ2) is 4.21. The lowest BCUT2D eigenvalue weighted by Crippen LogP contribution is -2.27. The summed E-state index contributed by atoms with van der Waals surface area (Å²) in [5.74, 6) is 0.454. The molecule has 1 aromatic heterocycles. The molecule has 0 aliphatic heterocycles. The zero-order chi connectivity index (χ0) is 12.6. The number of rotatable bonds is 1. The number of hydrogen-bond acceptors (Lipinski definition) is 2. The smallest absolute Gasteiger partial charge is 0.339 e. The molecule has 1 unspecified atom stereocenters. The number of hydrogen-bond donors (Lipinski definition) is 1. The molecule has 1 aliphatic carbocycles. The Bertz CT molecular complexity index is 426. The fourth-order valence-corrected chi connectivity index (χ4v) is 2.66. The molecule has 1 aromatic rings. The number of nitrogens with one attached hydrogen (secondary N) is 1. The summed E-state index contributed by atoms with van der Waals surface area (Å²) < 4.78 is 4.80. The predicted octanol–water partition coefficient (Wildman–Crippen LogP) is 2.95. The van der Waals surface area contributed by atoms with Crippen LogP contribution in [0.25, 0.3) is 0 Å². The van der Waals surface area contributed by atoms with Crippen LogP contribution in [0, 0.1) is 11.3 Å². The fraction of sp³-hybridized carbons (Fsp3) is 0.643. The Morgan fingerprint density at radius 2 is 2.18 bits per heavy atom. The van der Waals surface area contributed by atoms with E-state index in [1.54, 1.807) is 6.20 Å². The highest BCUT2D eigenvalue weighted by Gasteiger charge is 2.31. The van der Waals surface area contributed by atoms with Gasteiger partial charge < -0.3 is 9.72 Å². The van der Waals surface area contributed by atoms with Crippen LogP contribution in [0.3, 0.4) is 0 Å². The van der Waals surface area contributed by atoms with Gasteiger partial charge in [0.2, 0.25) is 0 Å². The molecule has 0 aromatic carbocycles. The Labute approximate surface area is 103 Å². The lowest BCUT2D eigenvalue weighted by atomic mass is 9.72. The van der Waals surface area contributed by atoms with Gasteiger partial charge in [0.25, 0.3) is 0 Å². The molecule has 3 heteroatoms. The molecule has 2 rings (SSSR count). The number of H-pyrrole nitrogens is 1. The lowest BCUT2D eigenvalue weighted by molar-refractivity contribution is 0.0599. The number of aromatic nitrogens is 1. The third-order valence-corrected chi connectivity index (χ3v) is 3.90. The van der Waals surface area contributed by atoms with Crippen molar-refractivity contribution in [2.24, 2.45) is 11.3 Å². The average Bonchev–Trinajstić information content (AvgIpc) is 2.69. The Morgan fingerprint density at radius 1 is 1.47 bits per heavy atom. The van der Waals surface area contributed by atoms with Crippen molar-refractivity contribution in [1.82, 2.24) is 4.98 Å².